The molecule has 0 radical (unpaired) electrons. The number of fused-ring (bicyclic) bond motifs is 1. The first kappa shape index (κ1) is 44.2. The number of hydrogen-bond acceptors (Lipinski definition) is 14. The lowest BCUT2D eigenvalue weighted by molar-refractivity contribution is -0.341. The van der Waals surface area contributed by atoms with Gasteiger partial charge in [0.05, 0.1) is 42.7 Å². The van der Waals surface area contributed by atoms with Crippen molar-refractivity contribution in [1.82, 2.24) is 24.9 Å². The second-order valence-electron chi connectivity index (χ2n) is 16.9. The zero-order valence-corrected chi connectivity index (χ0v) is 34.2. The molecule has 1 aliphatic carbocycles. The van der Waals surface area contributed by atoms with Gasteiger partial charge in [0.1, 0.15) is 36.6 Å². The number of para-hydroxylation sites is 1. The molecule has 1 amide bonds. The summed E-state index contributed by atoms with van der Waals surface area (Å²) in [6.07, 6.45) is -8.83. The van der Waals surface area contributed by atoms with Crippen LogP contribution in [0.25, 0.3) is 10.9 Å². The van der Waals surface area contributed by atoms with E-state index in [4.69, 9.17) is 18.9 Å². The van der Waals surface area contributed by atoms with E-state index < -0.39 is 91.5 Å². The number of carbonyl (C=O) groups is 2. The number of nitrogens with one attached hydrogen (secondary N) is 1. The summed E-state index contributed by atoms with van der Waals surface area (Å²) in [4.78, 5) is 26.0. The lowest BCUT2D eigenvalue weighted by atomic mass is 9.77. The smallest absolute Gasteiger partial charge is 0.223 e. The molecular weight excluding hydrogens is 754 g/mol. The monoisotopic (exact) mass is 815 g/mol. The summed E-state index contributed by atoms with van der Waals surface area (Å²) in [5, 5.41) is 77.7. The highest BCUT2D eigenvalue weighted by Crippen LogP contribution is 2.38. The van der Waals surface area contributed by atoms with E-state index in [0.29, 0.717) is 25.0 Å². The first-order valence-corrected chi connectivity index (χ1v) is 20.4. The molecular formula is C41H61N5O12. The number of nitrogens with zero attached hydrogens (tertiary/aromatic N) is 4. The number of aromatic nitrogens is 4. The molecule has 3 fully saturated rings. The molecule has 58 heavy (non-hydrogen) atoms. The van der Waals surface area contributed by atoms with Crippen LogP contribution >= 0.6 is 0 Å². The number of rotatable bonds is 14. The van der Waals surface area contributed by atoms with Crippen molar-refractivity contribution in [3.63, 3.8) is 0 Å². The average Bonchev–Trinajstić information content (AvgIpc) is 3.77. The number of amides is 1. The zero-order valence-electron chi connectivity index (χ0n) is 34.2. The Kier molecular flexibility index (Phi) is 14.1. The third-order valence-electron chi connectivity index (χ3n) is 12.4. The number of ketones is 1. The highest BCUT2D eigenvalue weighted by Gasteiger charge is 2.51. The van der Waals surface area contributed by atoms with Crippen LogP contribution in [0.2, 0.25) is 0 Å². The van der Waals surface area contributed by atoms with Gasteiger partial charge in [-0.2, -0.15) is 0 Å². The fraction of sp³-hybridized carbons (Fsp3) is 0.707. The molecule has 3 aromatic rings. The van der Waals surface area contributed by atoms with E-state index in [9.17, 15) is 40.2 Å². The lowest BCUT2D eigenvalue weighted by Gasteiger charge is -2.48. The van der Waals surface area contributed by atoms with E-state index in [1.54, 1.807) is 27.0 Å². The number of aliphatic hydroxyl groups is 6. The van der Waals surface area contributed by atoms with Crippen LogP contribution in [0.1, 0.15) is 65.6 Å². The van der Waals surface area contributed by atoms with Crippen molar-refractivity contribution in [2.75, 3.05) is 0 Å². The van der Waals surface area contributed by atoms with Crippen LogP contribution in [0.3, 0.4) is 0 Å². The van der Waals surface area contributed by atoms with Crippen LogP contribution in [0.4, 0.5) is 0 Å². The van der Waals surface area contributed by atoms with Crippen LogP contribution in [0.15, 0.2) is 36.7 Å². The number of Topliss-reactive ketones (excluding diaryl/α,β-unsaturated/α-hetero) is 1. The SMILES string of the molecule is CCC1O[C@H](OC2C(O)[C@@H](O[C@H]3OC(Cn4cc(CC(C)C(=O)NC(Cc5cn(C)c6ccccc56)C(C)=O)nn4)[C@@H](O)[C@H](C)C3O)[C@H](C)C[C@@H]2C)C(O)C(O)[C@@H]1O. The van der Waals surface area contributed by atoms with Gasteiger partial charge in [-0.05, 0) is 43.2 Å². The predicted molar refractivity (Wildman–Crippen MR) is 208 cm³/mol. The van der Waals surface area contributed by atoms with Crippen molar-refractivity contribution in [3.8, 4) is 0 Å². The summed E-state index contributed by atoms with van der Waals surface area (Å²) in [6.45, 7) is 10.5. The number of hydrogen-bond donors (Lipinski definition) is 7. The van der Waals surface area contributed by atoms with E-state index in [1.165, 1.54) is 11.6 Å². The molecule has 17 atom stereocenters. The molecule has 1 saturated carbocycles. The third-order valence-corrected chi connectivity index (χ3v) is 12.4. The van der Waals surface area contributed by atoms with Crippen molar-refractivity contribution in [2.24, 2.45) is 30.7 Å². The van der Waals surface area contributed by atoms with Crippen molar-refractivity contribution >= 4 is 22.6 Å². The lowest BCUT2D eigenvalue weighted by Crippen LogP contribution is -2.62. The first-order chi connectivity index (χ1) is 27.5. The molecule has 7 N–H and O–H groups in total. The Labute approximate surface area is 338 Å². The van der Waals surface area contributed by atoms with E-state index in [-0.39, 0.29) is 36.5 Å². The molecule has 0 bridgehead atoms. The van der Waals surface area contributed by atoms with E-state index >= 15 is 0 Å². The second kappa shape index (κ2) is 18.5. The summed E-state index contributed by atoms with van der Waals surface area (Å²) in [7, 11) is 1.94. The molecule has 17 nitrogen and oxygen atoms in total. The van der Waals surface area contributed by atoms with Crippen LogP contribution in [-0.2, 0) is 55.0 Å². The number of aryl methyl sites for hydroxylation is 1. The molecule has 17 heteroatoms. The quantitative estimate of drug-likeness (QED) is 0.116. The molecule has 3 aliphatic rings. The van der Waals surface area contributed by atoms with Gasteiger partial charge in [-0.15, -0.1) is 5.10 Å². The molecule has 6 rings (SSSR count). The fourth-order valence-corrected chi connectivity index (χ4v) is 8.74. The average molecular weight is 816 g/mol. The summed E-state index contributed by atoms with van der Waals surface area (Å²) >= 11 is 0. The highest BCUT2D eigenvalue weighted by molar-refractivity contribution is 5.90. The Balaban J connectivity index is 1.06. The summed E-state index contributed by atoms with van der Waals surface area (Å²) < 4.78 is 27.8. The molecule has 2 saturated heterocycles. The Morgan fingerprint density at radius 3 is 2.16 bits per heavy atom. The molecule has 2 aliphatic heterocycles. The molecule has 9 unspecified atom stereocenters. The summed E-state index contributed by atoms with van der Waals surface area (Å²) in [6, 6.07) is 7.20. The first-order valence-electron chi connectivity index (χ1n) is 20.4. The minimum absolute atomic E-state index is 0.0400. The zero-order chi connectivity index (χ0) is 42.2. The standard InChI is InChI=1S/C41H61N5O12/c1-8-29-33(50)34(51)35(52)41(55-29)58-38-20(3)13-19(2)37(36(38)53)57-40-32(49)22(5)31(48)30(56-40)18-46-17-25(43-44-46)14-21(4)39(54)42-27(23(6)47)15-24-16-45(7)28-12-10-9-11-26(24)28/h9-12,16-17,19-22,27,29-38,40-41,48-53H,8,13-15,18H2,1-7H3,(H,42,54)/t19-,20+,21?,22+,27?,29?,30?,31+,32?,33-,34?,35?,36?,37+,38?,40-,41-/m1/s1. The number of aliphatic hydroxyl groups excluding tert-OH is 6. The number of carbonyl (C=O) groups excluding carboxylic acids is 2. The molecule has 322 valence electrons. The van der Waals surface area contributed by atoms with Crippen LogP contribution in [-0.4, -0.2) is 142 Å². The molecule has 4 heterocycles. The maximum atomic E-state index is 13.3. The van der Waals surface area contributed by atoms with Gasteiger partial charge in [0, 0.05) is 55.0 Å². The van der Waals surface area contributed by atoms with Crippen molar-refractivity contribution in [2.45, 2.75) is 153 Å². The Morgan fingerprint density at radius 2 is 1.50 bits per heavy atom. The molecule has 0 spiro atoms. The Hall–Kier alpha value is -3.36. The summed E-state index contributed by atoms with van der Waals surface area (Å²) in [5.41, 5.74) is 2.52. The van der Waals surface area contributed by atoms with Crippen LogP contribution in [0, 0.1) is 23.7 Å². The van der Waals surface area contributed by atoms with Gasteiger partial charge in [-0.1, -0.05) is 58.0 Å². The minimum Gasteiger partial charge on any atom is -0.390 e. The van der Waals surface area contributed by atoms with Crippen molar-refractivity contribution in [1.29, 1.82) is 0 Å². The van der Waals surface area contributed by atoms with Gasteiger partial charge in [0.25, 0.3) is 0 Å². The maximum Gasteiger partial charge on any atom is 0.223 e. The normalized spacial score (nSPS) is 36.7. The van der Waals surface area contributed by atoms with Gasteiger partial charge >= 0.3 is 0 Å². The molecule has 1 aromatic carbocycles. The van der Waals surface area contributed by atoms with Crippen LogP contribution < -0.4 is 5.32 Å². The van der Waals surface area contributed by atoms with Gasteiger partial charge in [0.2, 0.25) is 5.91 Å². The Morgan fingerprint density at radius 1 is 0.862 bits per heavy atom. The van der Waals surface area contributed by atoms with E-state index in [0.717, 1.165) is 16.5 Å². The predicted octanol–water partition coefficient (Wildman–Crippen LogP) is 0.373. The minimum atomic E-state index is -1.55. The van der Waals surface area contributed by atoms with Crippen molar-refractivity contribution in [3.05, 3.63) is 47.9 Å². The van der Waals surface area contributed by atoms with Crippen molar-refractivity contribution < 1.29 is 59.2 Å². The van der Waals surface area contributed by atoms with Gasteiger partial charge in [-0.25, -0.2) is 4.68 Å². The van der Waals surface area contributed by atoms with Gasteiger partial charge in [-0.3, -0.25) is 9.59 Å². The third kappa shape index (κ3) is 9.33. The second-order valence-corrected chi connectivity index (χ2v) is 16.9. The largest absolute Gasteiger partial charge is 0.390 e. The van der Waals surface area contributed by atoms with Gasteiger partial charge < -0.3 is 59.5 Å². The maximum absolute atomic E-state index is 13.3. The highest BCUT2D eigenvalue weighted by atomic mass is 16.7. The van der Waals surface area contributed by atoms with E-state index in [2.05, 4.69) is 15.6 Å². The van der Waals surface area contributed by atoms with Gasteiger partial charge in [0.15, 0.2) is 18.4 Å². The summed E-state index contributed by atoms with van der Waals surface area (Å²) in [5.74, 6) is -2.10. The Bertz CT molecular complexity index is 1850. The van der Waals surface area contributed by atoms with Crippen LogP contribution in [0.5, 0.6) is 0 Å². The number of benzene rings is 1. The topological polar surface area (TPSA) is 240 Å². The fourth-order valence-electron chi connectivity index (χ4n) is 8.74. The van der Waals surface area contributed by atoms with E-state index in [1.807, 2.05) is 55.9 Å². The molecule has 2 aromatic heterocycles. The number of ether oxygens (including phenoxy) is 4.